The first kappa shape index (κ1) is 13.6. The van der Waals surface area contributed by atoms with Gasteiger partial charge in [0.05, 0.1) is 13.2 Å². The second kappa shape index (κ2) is 6.28. The molecule has 1 saturated heterocycles. The van der Waals surface area contributed by atoms with Crippen molar-refractivity contribution in [1.82, 2.24) is 0 Å². The number of ether oxygens (including phenoxy) is 2. The number of hydrogen-bond acceptors (Lipinski definition) is 6. The third-order valence-corrected chi connectivity index (χ3v) is 2.65. The van der Waals surface area contributed by atoms with E-state index in [9.17, 15) is 15.3 Å². The van der Waals surface area contributed by atoms with Gasteiger partial charge in [-0.3, -0.25) is 0 Å². The van der Waals surface area contributed by atoms with E-state index in [1.165, 1.54) is 0 Å². The molecule has 90 valence electrons. The summed E-state index contributed by atoms with van der Waals surface area (Å²) in [5.41, 5.74) is 0. The molecular formula is C8H15IO6. The molecule has 5 unspecified atom stereocenters. The van der Waals surface area contributed by atoms with Crippen LogP contribution in [0.3, 0.4) is 0 Å². The lowest BCUT2D eigenvalue weighted by Crippen LogP contribution is -2.59. The summed E-state index contributed by atoms with van der Waals surface area (Å²) in [5.74, 6) is 0. The fourth-order valence-electron chi connectivity index (χ4n) is 1.37. The van der Waals surface area contributed by atoms with Crippen molar-refractivity contribution in [3.8, 4) is 0 Å². The van der Waals surface area contributed by atoms with Crippen molar-refractivity contribution >= 4 is 22.6 Å². The third kappa shape index (κ3) is 3.22. The molecule has 4 N–H and O–H groups in total. The Morgan fingerprint density at radius 3 is 2.33 bits per heavy atom. The van der Waals surface area contributed by atoms with Crippen LogP contribution in [0.5, 0.6) is 0 Å². The fraction of sp³-hybridized carbons (Fsp3) is 1.00. The lowest BCUT2D eigenvalue weighted by atomic mass is 9.99. The highest BCUT2D eigenvalue weighted by Gasteiger charge is 2.43. The SMILES string of the molecule is OCC1OC(OCCI)C(O)C(O)C1O. The van der Waals surface area contributed by atoms with E-state index in [0.29, 0.717) is 11.0 Å². The Morgan fingerprint density at radius 1 is 1.13 bits per heavy atom. The molecule has 0 amide bonds. The monoisotopic (exact) mass is 334 g/mol. The summed E-state index contributed by atoms with van der Waals surface area (Å²) in [6.45, 7) is -0.0711. The van der Waals surface area contributed by atoms with E-state index in [1.807, 2.05) is 0 Å². The highest BCUT2D eigenvalue weighted by Crippen LogP contribution is 2.21. The Morgan fingerprint density at radius 2 is 1.80 bits per heavy atom. The van der Waals surface area contributed by atoms with Crippen molar-refractivity contribution in [1.29, 1.82) is 0 Å². The van der Waals surface area contributed by atoms with Crippen LogP contribution in [0.15, 0.2) is 0 Å². The van der Waals surface area contributed by atoms with Crippen LogP contribution in [-0.4, -0.2) is 68.8 Å². The number of halogens is 1. The topological polar surface area (TPSA) is 99.4 Å². The molecule has 0 saturated carbocycles. The normalized spacial score (nSPS) is 41.8. The van der Waals surface area contributed by atoms with Crippen molar-refractivity contribution in [3.63, 3.8) is 0 Å². The number of aliphatic hydroxyl groups is 4. The van der Waals surface area contributed by atoms with E-state index in [4.69, 9.17) is 14.6 Å². The summed E-state index contributed by atoms with van der Waals surface area (Å²) in [6, 6.07) is 0. The highest BCUT2D eigenvalue weighted by atomic mass is 127. The highest BCUT2D eigenvalue weighted by molar-refractivity contribution is 14.1. The summed E-state index contributed by atoms with van der Waals surface area (Å²) < 4.78 is 10.9. The summed E-state index contributed by atoms with van der Waals surface area (Å²) in [5, 5.41) is 37.2. The molecule has 1 aliphatic heterocycles. The lowest BCUT2D eigenvalue weighted by molar-refractivity contribution is -0.299. The van der Waals surface area contributed by atoms with E-state index in [1.54, 1.807) is 0 Å². The van der Waals surface area contributed by atoms with Crippen LogP contribution in [0.2, 0.25) is 0 Å². The minimum Gasteiger partial charge on any atom is -0.394 e. The molecule has 7 heteroatoms. The smallest absolute Gasteiger partial charge is 0.186 e. The largest absolute Gasteiger partial charge is 0.394 e. The van der Waals surface area contributed by atoms with Gasteiger partial charge in [-0.15, -0.1) is 0 Å². The van der Waals surface area contributed by atoms with E-state index in [-0.39, 0.29) is 0 Å². The summed E-state index contributed by atoms with van der Waals surface area (Å²) in [4.78, 5) is 0. The van der Waals surface area contributed by atoms with Gasteiger partial charge in [0.1, 0.15) is 24.4 Å². The van der Waals surface area contributed by atoms with E-state index < -0.39 is 37.3 Å². The molecular weight excluding hydrogens is 319 g/mol. The fourth-order valence-corrected chi connectivity index (χ4v) is 1.62. The second-order valence-corrected chi connectivity index (χ2v) is 4.34. The van der Waals surface area contributed by atoms with Crippen LogP contribution in [0.25, 0.3) is 0 Å². The van der Waals surface area contributed by atoms with Gasteiger partial charge >= 0.3 is 0 Å². The quantitative estimate of drug-likeness (QED) is 0.359. The van der Waals surface area contributed by atoms with Crippen molar-refractivity contribution in [2.24, 2.45) is 0 Å². The molecule has 5 atom stereocenters. The van der Waals surface area contributed by atoms with Crippen molar-refractivity contribution in [2.45, 2.75) is 30.7 Å². The minimum absolute atomic E-state index is 0.364. The van der Waals surface area contributed by atoms with E-state index >= 15 is 0 Å². The summed E-state index contributed by atoms with van der Waals surface area (Å²) >= 11 is 2.09. The van der Waals surface area contributed by atoms with Crippen LogP contribution in [-0.2, 0) is 9.47 Å². The van der Waals surface area contributed by atoms with Crippen LogP contribution >= 0.6 is 22.6 Å². The molecule has 15 heavy (non-hydrogen) atoms. The standard InChI is InChI=1S/C8H15IO6/c9-1-2-14-8-7(13)6(12)5(11)4(3-10)15-8/h4-8,10-13H,1-3H2. The summed E-state index contributed by atoms with van der Waals surface area (Å²) in [7, 11) is 0. The van der Waals surface area contributed by atoms with Crippen LogP contribution in [0, 0.1) is 0 Å². The minimum atomic E-state index is -1.37. The number of hydrogen-bond donors (Lipinski definition) is 4. The van der Waals surface area contributed by atoms with Crippen LogP contribution in [0.4, 0.5) is 0 Å². The van der Waals surface area contributed by atoms with Crippen LogP contribution < -0.4 is 0 Å². The molecule has 0 spiro atoms. The molecule has 0 aromatic rings. The van der Waals surface area contributed by atoms with Gasteiger partial charge in [-0.2, -0.15) is 0 Å². The Labute approximate surface area is 101 Å². The number of aliphatic hydroxyl groups excluding tert-OH is 4. The zero-order chi connectivity index (χ0) is 11.4. The number of rotatable bonds is 4. The molecule has 6 nitrogen and oxygen atoms in total. The third-order valence-electron chi connectivity index (χ3n) is 2.21. The van der Waals surface area contributed by atoms with Gasteiger partial charge in [0, 0.05) is 4.43 Å². The maximum absolute atomic E-state index is 9.50. The summed E-state index contributed by atoms with van der Waals surface area (Å²) in [6.07, 6.45) is -5.90. The maximum Gasteiger partial charge on any atom is 0.186 e. The number of alkyl halides is 1. The van der Waals surface area contributed by atoms with Gasteiger partial charge in [-0.05, 0) is 0 Å². The molecule has 1 fully saturated rings. The van der Waals surface area contributed by atoms with Crippen molar-refractivity contribution < 1.29 is 29.9 Å². The Hall–Kier alpha value is 0.490. The first-order chi connectivity index (χ1) is 7.11. The first-order valence-corrected chi connectivity index (χ1v) is 6.12. The Balaban J connectivity index is 2.57. The maximum atomic E-state index is 9.50. The van der Waals surface area contributed by atoms with Gasteiger partial charge < -0.3 is 29.9 Å². The first-order valence-electron chi connectivity index (χ1n) is 4.60. The van der Waals surface area contributed by atoms with Crippen molar-refractivity contribution in [2.75, 3.05) is 17.6 Å². The zero-order valence-electron chi connectivity index (χ0n) is 7.99. The van der Waals surface area contributed by atoms with Gasteiger partial charge in [-0.1, -0.05) is 22.6 Å². The van der Waals surface area contributed by atoms with E-state index in [2.05, 4.69) is 22.6 Å². The lowest BCUT2D eigenvalue weighted by Gasteiger charge is -2.39. The van der Waals surface area contributed by atoms with Crippen molar-refractivity contribution in [3.05, 3.63) is 0 Å². The van der Waals surface area contributed by atoms with Gasteiger partial charge in [0.25, 0.3) is 0 Å². The van der Waals surface area contributed by atoms with Crippen LogP contribution in [0.1, 0.15) is 0 Å². The Bertz CT molecular complexity index is 190. The molecule has 1 heterocycles. The zero-order valence-corrected chi connectivity index (χ0v) is 10.1. The predicted octanol–water partition coefficient (Wildman–Crippen LogP) is -1.76. The molecule has 0 aliphatic carbocycles. The molecule has 0 aromatic carbocycles. The predicted molar refractivity (Wildman–Crippen MR) is 58.6 cm³/mol. The molecule has 1 aliphatic rings. The average molecular weight is 334 g/mol. The molecule has 0 bridgehead atoms. The molecule has 1 rings (SSSR count). The van der Waals surface area contributed by atoms with Gasteiger partial charge in [-0.25, -0.2) is 0 Å². The molecule has 0 aromatic heterocycles. The van der Waals surface area contributed by atoms with Gasteiger partial charge in [0.2, 0.25) is 0 Å². The van der Waals surface area contributed by atoms with Gasteiger partial charge in [0.15, 0.2) is 6.29 Å². The second-order valence-electron chi connectivity index (χ2n) is 3.26. The van der Waals surface area contributed by atoms with E-state index in [0.717, 1.165) is 0 Å². The Kier molecular flexibility index (Phi) is 5.68. The average Bonchev–Trinajstić information content (AvgIpc) is 2.25. The molecule has 0 radical (unpaired) electrons.